The van der Waals surface area contributed by atoms with E-state index < -0.39 is 11.9 Å². The van der Waals surface area contributed by atoms with Crippen molar-refractivity contribution in [3.8, 4) is 17.2 Å². The van der Waals surface area contributed by atoms with Crippen LogP contribution in [0.1, 0.15) is 26.3 Å². The summed E-state index contributed by atoms with van der Waals surface area (Å²) in [7, 11) is 0. The Bertz CT molecular complexity index is 1500. The lowest BCUT2D eigenvalue weighted by atomic mass is 10.0. The average Bonchev–Trinajstić information content (AvgIpc) is 3.33. The Morgan fingerprint density at radius 2 is 1.77 bits per heavy atom. The number of amides is 1. The van der Waals surface area contributed by atoms with Gasteiger partial charge in [0.25, 0.3) is 5.91 Å². The van der Waals surface area contributed by atoms with E-state index in [-0.39, 0.29) is 23.1 Å². The molecule has 0 unspecified atom stereocenters. The summed E-state index contributed by atoms with van der Waals surface area (Å²) in [6.07, 6.45) is 1.43. The molecule has 9 heteroatoms. The minimum absolute atomic E-state index is 0.113. The first-order valence-electron chi connectivity index (χ1n) is 10.4. The van der Waals surface area contributed by atoms with Crippen LogP contribution in [0, 0.1) is 0 Å². The number of nitrogens with zero attached hydrogens (tertiary/aromatic N) is 1. The molecule has 7 nitrogen and oxygen atoms in total. The standard InChI is InChI=1S/C26H16Cl2N2O5/c27-17-7-8-19(21(28)12-17)26(32)35-22-9-5-15-3-1-2-4-18(15)20(22)13-29-30-25(31)16-6-10-23-24(11-16)34-14-33-23/h1-13H,14H2,(H,30,31)/b29-13-. The van der Waals surface area contributed by atoms with E-state index in [2.05, 4.69) is 10.5 Å². The van der Waals surface area contributed by atoms with Gasteiger partial charge < -0.3 is 14.2 Å². The van der Waals surface area contributed by atoms with Gasteiger partial charge in [-0.2, -0.15) is 5.10 Å². The molecule has 5 rings (SSSR count). The van der Waals surface area contributed by atoms with E-state index in [0.29, 0.717) is 27.6 Å². The molecule has 0 aromatic heterocycles. The summed E-state index contributed by atoms with van der Waals surface area (Å²) in [5, 5.41) is 6.36. The highest BCUT2D eigenvalue weighted by molar-refractivity contribution is 6.36. The fourth-order valence-electron chi connectivity index (χ4n) is 3.57. The summed E-state index contributed by atoms with van der Waals surface area (Å²) in [6, 6.07) is 20.4. The van der Waals surface area contributed by atoms with Crippen molar-refractivity contribution < 1.29 is 23.8 Å². The van der Waals surface area contributed by atoms with E-state index in [0.717, 1.165) is 10.8 Å². The minimum atomic E-state index is -0.652. The maximum atomic E-state index is 12.8. The van der Waals surface area contributed by atoms with Gasteiger partial charge in [-0.25, -0.2) is 10.2 Å². The number of hydrogen-bond donors (Lipinski definition) is 1. The molecule has 35 heavy (non-hydrogen) atoms. The zero-order chi connectivity index (χ0) is 24.4. The monoisotopic (exact) mass is 506 g/mol. The second kappa shape index (κ2) is 9.66. The predicted molar refractivity (Wildman–Crippen MR) is 133 cm³/mol. The number of hydrogen-bond acceptors (Lipinski definition) is 6. The Hall–Kier alpha value is -4.07. The molecular formula is C26H16Cl2N2O5. The van der Waals surface area contributed by atoms with Crippen molar-refractivity contribution in [3.05, 3.63) is 99.5 Å². The fourth-order valence-corrected chi connectivity index (χ4v) is 4.05. The highest BCUT2D eigenvalue weighted by atomic mass is 35.5. The van der Waals surface area contributed by atoms with Crippen LogP contribution >= 0.6 is 23.2 Å². The predicted octanol–water partition coefficient (Wildman–Crippen LogP) is 5.86. The molecule has 1 amide bonds. The Balaban J connectivity index is 1.42. The maximum Gasteiger partial charge on any atom is 0.345 e. The van der Waals surface area contributed by atoms with E-state index in [1.165, 1.54) is 18.3 Å². The third-order valence-corrected chi connectivity index (χ3v) is 5.83. The summed E-state index contributed by atoms with van der Waals surface area (Å²) in [5.74, 6) is 0.229. The second-order valence-electron chi connectivity index (χ2n) is 7.48. The molecule has 1 aliphatic rings. The van der Waals surface area contributed by atoms with Crippen LogP contribution in [-0.4, -0.2) is 24.9 Å². The molecule has 1 N–H and O–H groups in total. The number of carbonyl (C=O) groups excluding carboxylic acids is 2. The Morgan fingerprint density at radius 3 is 2.63 bits per heavy atom. The molecule has 0 atom stereocenters. The van der Waals surface area contributed by atoms with Crippen LogP contribution in [-0.2, 0) is 0 Å². The topological polar surface area (TPSA) is 86.2 Å². The highest BCUT2D eigenvalue weighted by Gasteiger charge is 2.18. The van der Waals surface area contributed by atoms with Crippen molar-refractivity contribution in [3.63, 3.8) is 0 Å². The summed E-state index contributed by atoms with van der Waals surface area (Å²) < 4.78 is 16.2. The van der Waals surface area contributed by atoms with Crippen LogP contribution < -0.4 is 19.6 Å². The quantitative estimate of drug-likeness (QED) is 0.158. The van der Waals surface area contributed by atoms with Gasteiger partial charge in [0, 0.05) is 16.1 Å². The molecule has 0 spiro atoms. The molecule has 0 bridgehead atoms. The van der Waals surface area contributed by atoms with E-state index in [9.17, 15) is 9.59 Å². The first-order valence-corrected chi connectivity index (χ1v) is 11.2. The molecule has 0 saturated carbocycles. The first kappa shape index (κ1) is 22.7. The molecule has 1 aliphatic heterocycles. The van der Waals surface area contributed by atoms with Gasteiger partial charge in [0.15, 0.2) is 11.5 Å². The van der Waals surface area contributed by atoms with Crippen molar-refractivity contribution in [2.45, 2.75) is 0 Å². The normalized spacial score (nSPS) is 12.2. The number of esters is 1. The molecule has 0 aliphatic carbocycles. The zero-order valence-electron chi connectivity index (χ0n) is 18.0. The van der Waals surface area contributed by atoms with Gasteiger partial charge in [0.2, 0.25) is 6.79 Å². The van der Waals surface area contributed by atoms with E-state index in [4.69, 9.17) is 37.4 Å². The largest absolute Gasteiger partial charge is 0.454 e. The van der Waals surface area contributed by atoms with Gasteiger partial charge in [0.1, 0.15) is 5.75 Å². The van der Waals surface area contributed by atoms with E-state index in [1.807, 2.05) is 30.3 Å². The number of nitrogens with one attached hydrogen (secondary N) is 1. The van der Waals surface area contributed by atoms with Crippen LogP contribution in [0.15, 0.2) is 77.9 Å². The van der Waals surface area contributed by atoms with Crippen LogP contribution in [0.2, 0.25) is 10.0 Å². The lowest BCUT2D eigenvalue weighted by Crippen LogP contribution is -2.17. The van der Waals surface area contributed by atoms with Gasteiger partial charge in [-0.05, 0) is 53.2 Å². The van der Waals surface area contributed by atoms with E-state index in [1.54, 1.807) is 30.3 Å². The number of fused-ring (bicyclic) bond motifs is 2. The average molecular weight is 507 g/mol. The zero-order valence-corrected chi connectivity index (χ0v) is 19.5. The van der Waals surface area contributed by atoms with Gasteiger partial charge in [-0.1, -0.05) is 53.5 Å². The number of carbonyl (C=O) groups is 2. The van der Waals surface area contributed by atoms with Crippen LogP contribution in [0.25, 0.3) is 10.8 Å². The second-order valence-corrected chi connectivity index (χ2v) is 8.32. The molecule has 1 heterocycles. The third kappa shape index (κ3) is 4.77. The smallest absolute Gasteiger partial charge is 0.345 e. The fraction of sp³-hybridized carbons (Fsp3) is 0.0385. The third-order valence-electron chi connectivity index (χ3n) is 5.28. The lowest BCUT2D eigenvalue weighted by molar-refractivity contribution is 0.0734. The lowest BCUT2D eigenvalue weighted by Gasteiger charge is -2.11. The van der Waals surface area contributed by atoms with Crippen LogP contribution in [0.4, 0.5) is 0 Å². The summed E-state index contributed by atoms with van der Waals surface area (Å²) >= 11 is 12.1. The van der Waals surface area contributed by atoms with Gasteiger partial charge in [-0.15, -0.1) is 0 Å². The molecule has 0 saturated heterocycles. The van der Waals surface area contributed by atoms with Crippen molar-refractivity contribution in [2.75, 3.05) is 6.79 Å². The Kier molecular flexibility index (Phi) is 6.27. The molecular weight excluding hydrogens is 491 g/mol. The SMILES string of the molecule is O=C(N/N=C\c1c(OC(=O)c2ccc(Cl)cc2Cl)ccc2ccccc12)c1ccc2c(c1)OCO2. The number of benzene rings is 4. The number of halogens is 2. The van der Waals surface area contributed by atoms with Crippen LogP contribution in [0.3, 0.4) is 0 Å². The van der Waals surface area contributed by atoms with Gasteiger partial charge >= 0.3 is 5.97 Å². The molecule has 0 radical (unpaired) electrons. The number of ether oxygens (including phenoxy) is 3. The molecule has 0 fully saturated rings. The molecule has 4 aromatic rings. The highest BCUT2D eigenvalue weighted by Crippen LogP contribution is 2.32. The summed E-state index contributed by atoms with van der Waals surface area (Å²) in [6.45, 7) is 0.113. The number of hydrazone groups is 1. The summed E-state index contributed by atoms with van der Waals surface area (Å²) in [4.78, 5) is 25.4. The Labute approximate surface area is 209 Å². The number of rotatable bonds is 5. The minimum Gasteiger partial charge on any atom is -0.454 e. The van der Waals surface area contributed by atoms with Crippen molar-refractivity contribution >= 4 is 52.1 Å². The molecule has 4 aromatic carbocycles. The van der Waals surface area contributed by atoms with Crippen molar-refractivity contribution in [1.82, 2.24) is 5.43 Å². The summed E-state index contributed by atoms with van der Waals surface area (Å²) in [5.41, 5.74) is 3.52. The Morgan fingerprint density at radius 1 is 0.943 bits per heavy atom. The van der Waals surface area contributed by atoms with Crippen LogP contribution in [0.5, 0.6) is 17.2 Å². The van der Waals surface area contributed by atoms with Crippen molar-refractivity contribution in [2.24, 2.45) is 5.10 Å². The molecule has 174 valence electrons. The van der Waals surface area contributed by atoms with Crippen molar-refractivity contribution in [1.29, 1.82) is 0 Å². The van der Waals surface area contributed by atoms with Gasteiger partial charge in [-0.3, -0.25) is 4.79 Å². The van der Waals surface area contributed by atoms with E-state index >= 15 is 0 Å². The first-order chi connectivity index (χ1) is 17.0. The van der Waals surface area contributed by atoms with Gasteiger partial charge in [0.05, 0.1) is 16.8 Å². The maximum absolute atomic E-state index is 12.8.